The quantitative estimate of drug-likeness (QED) is 0.310. The second-order valence-electron chi connectivity index (χ2n) is 11.2. The molecule has 2 aliphatic carbocycles. The molecule has 0 aromatic heterocycles. The van der Waals surface area contributed by atoms with Gasteiger partial charge in [-0.2, -0.15) is 0 Å². The maximum atomic E-state index is 11.6. The van der Waals surface area contributed by atoms with Gasteiger partial charge >= 0.3 is 0 Å². The van der Waals surface area contributed by atoms with Crippen molar-refractivity contribution in [2.24, 2.45) is 0 Å². The third-order valence-corrected chi connectivity index (χ3v) is 7.64. The molecule has 0 aliphatic heterocycles. The van der Waals surface area contributed by atoms with Gasteiger partial charge in [-0.15, -0.1) is 0 Å². The molecule has 0 aromatic rings. The van der Waals surface area contributed by atoms with Crippen LogP contribution in [0.1, 0.15) is 180 Å². The van der Waals surface area contributed by atoms with Crippen molar-refractivity contribution >= 4 is 11.6 Å². The van der Waals surface area contributed by atoms with E-state index in [-0.39, 0.29) is 0 Å². The molecule has 0 bridgehead atoms. The minimum absolute atomic E-state index is 0.501. The normalized spacial score (nSPS) is 24.3. The molecule has 0 aromatic carbocycles. The Kier molecular flexibility index (Phi) is 24.5. The first-order valence-electron chi connectivity index (χ1n) is 16.1. The van der Waals surface area contributed by atoms with Gasteiger partial charge in [0.1, 0.15) is 11.6 Å². The molecular weight excluding hydrogens is 440 g/mol. The van der Waals surface area contributed by atoms with E-state index in [0.717, 1.165) is 51.4 Å². The summed E-state index contributed by atoms with van der Waals surface area (Å²) >= 11 is 0. The van der Waals surface area contributed by atoms with Gasteiger partial charge in [-0.1, -0.05) is 101 Å². The predicted octanol–water partition coefficient (Wildman–Crippen LogP) is 11.2. The molecule has 2 rings (SSSR count). The van der Waals surface area contributed by atoms with E-state index >= 15 is 0 Å². The van der Waals surface area contributed by atoms with E-state index < -0.39 is 0 Å². The van der Waals surface area contributed by atoms with Crippen molar-refractivity contribution in [3.63, 3.8) is 0 Å². The van der Waals surface area contributed by atoms with E-state index in [1.165, 1.54) is 128 Å². The van der Waals surface area contributed by atoms with Gasteiger partial charge in [0.25, 0.3) is 0 Å². The first-order chi connectivity index (χ1) is 17.8. The van der Waals surface area contributed by atoms with Crippen molar-refractivity contribution in [2.45, 2.75) is 180 Å². The van der Waals surface area contributed by atoms with Crippen LogP contribution in [0, 0.1) is 0 Å². The molecule has 0 N–H and O–H groups in total. The number of hydrogen-bond acceptors (Lipinski definition) is 2. The molecule has 2 nitrogen and oxygen atoms in total. The lowest BCUT2D eigenvalue weighted by Gasteiger charge is -2.02. The molecule has 2 heteroatoms. The Balaban J connectivity index is 0.000000360. The molecule has 0 spiro atoms. The molecule has 0 unspecified atom stereocenters. The lowest BCUT2D eigenvalue weighted by atomic mass is 10.0. The van der Waals surface area contributed by atoms with E-state index in [0.29, 0.717) is 11.6 Å². The molecule has 0 saturated heterocycles. The van der Waals surface area contributed by atoms with Crippen LogP contribution in [0.2, 0.25) is 0 Å². The highest BCUT2D eigenvalue weighted by molar-refractivity contribution is 5.78. The lowest BCUT2D eigenvalue weighted by molar-refractivity contribution is -0.120. The Morgan fingerprint density at radius 1 is 0.278 bits per heavy atom. The largest absolute Gasteiger partial charge is 0.300 e. The second kappa shape index (κ2) is 26.9. The molecule has 36 heavy (non-hydrogen) atoms. The third-order valence-electron chi connectivity index (χ3n) is 7.64. The highest BCUT2D eigenvalue weighted by atomic mass is 16.1. The van der Waals surface area contributed by atoms with Crippen LogP contribution < -0.4 is 0 Å². The highest BCUT2D eigenvalue weighted by Crippen LogP contribution is 2.14. The van der Waals surface area contributed by atoms with Crippen molar-refractivity contribution in [2.75, 3.05) is 0 Å². The Labute approximate surface area is 225 Å². The summed E-state index contributed by atoms with van der Waals surface area (Å²) in [5.74, 6) is 1.00. The van der Waals surface area contributed by atoms with E-state index in [4.69, 9.17) is 0 Å². The van der Waals surface area contributed by atoms with Gasteiger partial charge in [0.05, 0.1) is 0 Å². The molecule has 0 amide bonds. The molecular formula is C34H60O2. The molecule has 0 heterocycles. The van der Waals surface area contributed by atoms with E-state index in [1.54, 1.807) is 0 Å². The number of rotatable bonds is 0. The average molecular weight is 501 g/mol. The van der Waals surface area contributed by atoms with Crippen molar-refractivity contribution in [1.82, 2.24) is 0 Å². The molecule has 208 valence electrons. The van der Waals surface area contributed by atoms with Gasteiger partial charge < -0.3 is 0 Å². The smallest absolute Gasteiger partial charge is 0.132 e. The Bertz CT molecular complexity index is 466. The number of ketones is 2. The fourth-order valence-corrected chi connectivity index (χ4v) is 5.18. The van der Waals surface area contributed by atoms with E-state index in [2.05, 4.69) is 24.3 Å². The second-order valence-corrected chi connectivity index (χ2v) is 11.2. The zero-order valence-electron chi connectivity index (χ0n) is 23.9. The maximum Gasteiger partial charge on any atom is 0.132 e. The van der Waals surface area contributed by atoms with Crippen molar-refractivity contribution in [3.05, 3.63) is 24.3 Å². The SMILES string of the molecule is O=C1CCCCCCC/C=C/CCCCCCC1.O=C1CCCCCCC/C=C\CCCCCCC1. The standard InChI is InChI=1S/2C17H30O/c2*18-17-15-13-11-9-7-5-3-1-2-4-6-8-10-12-14-16-17/h2*1-2H,3-16H2/b2-1+;2-1-. The fraction of sp³-hybridized carbons (Fsp3) is 0.824. The van der Waals surface area contributed by atoms with Gasteiger partial charge in [0, 0.05) is 25.7 Å². The van der Waals surface area contributed by atoms with E-state index in [9.17, 15) is 9.59 Å². The zero-order chi connectivity index (χ0) is 25.8. The first-order valence-corrected chi connectivity index (χ1v) is 16.1. The summed E-state index contributed by atoms with van der Waals surface area (Å²) in [4.78, 5) is 23.2. The minimum Gasteiger partial charge on any atom is -0.300 e. The van der Waals surface area contributed by atoms with Crippen LogP contribution in [0.4, 0.5) is 0 Å². The first kappa shape index (κ1) is 32.8. The van der Waals surface area contributed by atoms with Gasteiger partial charge in [-0.3, -0.25) is 9.59 Å². The predicted molar refractivity (Wildman–Crippen MR) is 158 cm³/mol. The maximum absolute atomic E-state index is 11.6. The molecule has 0 saturated carbocycles. The van der Waals surface area contributed by atoms with Crippen molar-refractivity contribution < 1.29 is 9.59 Å². The third kappa shape index (κ3) is 24.5. The Morgan fingerprint density at radius 2 is 0.472 bits per heavy atom. The summed E-state index contributed by atoms with van der Waals surface area (Å²) in [7, 11) is 0. The van der Waals surface area contributed by atoms with Crippen LogP contribution in [-0.4, -0.2) is 11.6 Å². The zero-order valence-corrected chi connectivity index (χ0v) is 23.9. The highest BCUT2D eigenvalue weighted by Gasteiger charge is 2.03. The number of Topliss-reactive ketones (excluding diaryl/α,β-unsaturated/α-hetero) is 2. The van der Waals surface area contributed by atoms with Crippen LogP contribution in [0.3, 0.4) is 0 Å². The fourth-order valence-electron chi connectivity index (χ4n) is 5.18. The van der Waals surface area contributed by atoms with Crippen LogP contribution >= 0.6 is 0 Å². The van der Waals surface area contributed by atoms with Crippen LogP contribution in [0.15, 0.2) is 24.3 Å². The summed E-state index contributed by atoms with van der Waals surface area (Å²) in [6, 6.07) is 0. The van der Waals surface area contributed by atoms with Crippen molar-refractivity contribution in [3.8, 4) is 0 Å². The van der Waals surface area contributed by atoms with Crippen LogP contribution in [0.25, 0.3) is 0 Å². The lowest BCUT2D eigenvalue weighted by Crippen LogP contribution is -1.97. The molecule has 2 aliphatic rings. The van der Waals surface area contributed by atoms with Crippen molar-refractivity contribution in [1.29, 1.82) is 0 Å². The summed E-state index contributed by atoms with van der Waals surface area (Å²) < 4.78 is 0. The van der Waals surface area contributed by atoms with Gasteiger partial charge in [0.2, 0.25) is 0 Å². The molecule has 0 atom stereocenters. The van der Waals surface area contributed by atoms with Gasteiger partial charge in [0.15, 0.2) is 0 Å². The summed E-state index contributed by atoms with van der Waals surface area (Å²) in [6.07, 6.45) is 43.1. The number of carbonyl (C=O) groups excluding carboxylic acids is 2. The Hall–Kier alpha value is -1.18. The Morgan fingerprint density at radius 3 is 0.722 bits per heavy atom. The van der Waals surface area contributed by atoms with E-state index in [1.807, 2.05) is 0 Å². The average Bonchev–Trinajstić information content (AvgIpc) is 2.88. The topological polar surface area (TPSA) is 34.1 Å². The minimum atomic E-state index is 0.501. The van der Waals surface area contributed by atoms with Crippen LogP contribution in [0.5, 0.6) is 0 Å². The number of carbonyl (C=O) groups is 2. The monoisotopic (exact) mass is 500 g/mol. The molecule has 0 fully saturated rings. The summed E-state index contributed by atoms with van der Waals surface area (Å²) in [6.45, 7) is 0. The molecule has 0 radical (unpaired) electrons. The summed E-state index contributed by atoms with van der Waals surface area (Å²) in [5, 5.41) is 0. The van der Waals surface area contributed by atoms with Gasteiger partial charge in [-0.05, 0) is 77.0 Å². The van der Waals surface area contributed by atoms with Crippen LogP contribution in [-0.2, 0) is 9.59 Å². The van der Waals surface area contributed by atoms with Gasteiger partial charge in [-0.25, -0.2) is 0 Å². The number of allylic oxidation sites excluding steroid dienone is 4. The summed E-state index contributed by atoms with van der Waals surface area (Å²) in [5.41, 5.74) is 0. The number of hydrogen-bond donors (Lipinski definition) is 0.